The van der Waals surface area contributed by atoms with Crippen molar-refractivity contribution < 1.29 is 0 Å². The monoisotopic (exact) mass is 242 g/mol. The maximum Gasteiger partial charge on any atom is 0.0701 e. The van der Waals surface area contributed by atoms with Crippen LogP contribution in [0.3, 0.4) is 0 Å². The summed E-state index contributed by atoms with van der Waals surface area (Å²) in [7, 11) is 0. The fourth-order valence-electron chi connectivity index (χ4n) is 1.33. The first-order chi connectivity index (χ1) is 7.97. The molecule has 1 aromatic carbocycles. The molecule has 0 aliphatic rings. The summed E-state index contributed by atoms with van der Waals surface area (Å²) in [4.78, 5) is 7.97. The molecule has 0 saturated heterocycles. The van der Waals surface area contributed by atoms with Crippen LogP contribution in [0.4, 0.5) is 0 Å². The number of hydrogen-bond donors (Lipinski definition) is 0. The Morgan fingerprint density at radius 1 is 0.647 bits per heavy atom. The largest absolute Gasteiger partial charge is 0.265 e. The average Bonchev–Trinajstić information content (AvgIpc) is 2.42. The van der Waals surface area contributed by atoms with Crippen LogP contribution in [0, 0.1) is 0 Å². The molecule has 3 rings (SSSR count). The Kier molecular flexibility index (Phi) is 5.75. The van der Waals surface area contributed by atoms with Gasteiger partial charge in [-0.3, -0.25) is 9.97 Å². The molecule has 0 fully saturated rings. The van der Waals surface area contributed by atoms with Crippen molar-refractivity contribution in [3.63, 3.8) is 0 Å². The Hall–Kier alpha value is -1.87. The number of rotatable bonds is 0. The maximum absolute atomic E-state index is 4.18. The number of benzene rings is 1. The van der Waals surface area contributed by atoms with Crippen molar-refractivity contribution in [1.29, 1.82) is 0 Å². The molecule has 0 unspecified atom stereocenters. The van der Waals surface area contributed by atoms with E-state index in [1.54, 1.807) is 12.4 Å². The molecule has 3 heteroatoms. The van der Waals surface area contributed by atoms with Crippen LogP contribution in [-0.2, 0) is 0 Å². The third-order valence-corrected chi connectivity index (χ3v) is 2.08. The lowest BCUT2D eigenvalue weighted by Crippen LogP contribution is -1.73. The van der Waals surface area contributed by atoms with Gasteiger partial charge in [-0.15, -0.1) is 0 Å². The lowest BCUT2D eigenvalue weighted by atomic mass is 10.2. The number of para-hydroxylation sites is 1. The third kappa shape index (κ3) is 4.25. The number of pyridine rings is 2. The smallest absolute Gasteiger partial charge is 0.0701 e. The summed E-state index contributed by atoms with van der Waals surface area (Å²) in [6.07, 6.45) is 5.31. The first-order valence-electron chi connectivity index (χ1n) is 5.11. The Morgan fingerprint density at radius 3 is 1.94 bits per heavy atom. The lowest BCUT2D eigenvalue weighted by Gasteiger charge is -1.91. The Labute approximate surface area is 108 Å². The molecule has 86 valence electrons. The van der Waals surface area contributed by atoms with E-state index in [1.165, 1.54) is 5.39 Å². The molecule has 0 N–H and O–H groups in total. The summed E-state index contributed by atoms with van der Waals surface area (Å²) in [5, 5.41) is 1.20. The van der Waals surface area contributed by atoms with E-state index >= 15 is 0 Å². The fourth-order valence-corrected chi connectivity index (χ4v) is 1.33. The van der Waals surface area contributed by atoms with Crippen molar-refractivity contribution in [2.45, 2.75) is 0 Å². The highest BCUT2D eigenvalue weighted by Gasteiger charge is 1.86. The molecule has 17 heavy (non-hydrogen) atoms. The molecule has 0 bridgehead atoms. The summed E-state index contributed by atoms with van der Waals surface area (Å²) in [5.74, 6) is 0. The van der Waals surface area contributed by atoms with Gasteiger partial charge in [0.25, 0.3) is 0 Å². The Balaban J connectivity index is 0.000000180. The molecule has 0 saturated carbocycles. The van der Waals surface area contributed by atoms with E-state index in [0.29, 0.717) is 0 Å². The van der Waals surface area contributed by atoms with Crippen molar-refractivity contribution in [2.24, 2.45) is 0 Å². The summed E-state index contributed by atoms with van der Waals surface area (Å²) in [6.45, 7) is 0. The highest BCUT2D eigenvalue weighted by atomic mass is 32.1. The van der Waals surface area contributed by atoms with E-state index < -0.39 is 0 Å². The zero-order valence-electron chi connectivity index (χ0n) is 9.32. The third-order valence-electron chi connectivity index (χ3n) is 2.08. The molecule has 0 atom stereocenters. The minimum atomic E-state index is 0. The van der Waals surface area contributed by atoms with Crippen LogP contribution in [0.1, 0.15) is 0 Å². The van der Waals surface area contributed by atoms with Crippen LogP contribution >= 0.6 is 13.5 Å². The predicted octanol–water partition coefficient (Wildman–Crippen LogP) is 3.43. The van der Waals surface area contributed by atoms with Gasteiger partial charge in [0.15, 0.2) is 0 Å². The summed E-state index contributed by atoms with van der Waals surface area (Å²) in [5.41, 5.74) is 1.06. The van der Waals surface area contributed by atoms with E-state index in [4.69, 9.17) is 0 Å². The average molecular weight is 242 g/mol. The second-order valence-electron chi connectivity index (χ2n) is 3.22. The lowest BCUT2D eigenvalue weighted by molar-refractivity contribution is 1.33. The minimum Gasteiger partial charge on any atom is -0.265 e. The van der Waals surface area contributed by atoms with Crippen LogP contribution in [0.15, 0.2) is 73.2 Å². The zero-order valence-corrected chi connectivity index (χ0v) is 10.3. The van der Waals surface area contributed by atoms with Gasteiger partial charge in [0.1, 0.15) is 0 Å². The van der Waals surface area contributed by atoms with Gasteiger partial charge in [-0.2, -0.15) is 13.5 Å². The van der Waals surface area contributed by atoms with E-state index in [9.17, 15) is 0 Å². The van der Waals surface area contributed by atoms with Gasteiger partial charge in [0.2, 0.25) is 0 Å². The maximum atomic E-state index is 4.18. The van der Waals surface area contributed by atoms with Gasteiger partial charge in [0, 0.05) is 24.0 Å². The SMILES string of the molecule is S.c1ccc2ncccc2c1.c1ccncc1. The predicted molar refractivity (Wildman–Crippen MR) is 76.4 cm³/mol. The molecular weight excluding hydrogens is 228 g/mol. The van der Waals surface area contributed by atoms with Crippen LogP contribution in [0.2, 0.25) is 0 Å². The van der Waals surface area contributed by atoms with Crippen molar-refractivity contribution in [3.8, 4) is 0 Å². The minimum absolute atomic E-state index is 0. The first kappa shape index (κ1) is 13.2. The van der Waals surface area contributed by atoms with Gasteiger partial charge in [0.05, 0.1) is 5.52 Å². The molecule has 0 radical (unpaired) electrons. The van der Waals surface area contributed by atoms with Gasteiger partial charge < -0.3 is 0 Å². The molecule has 2 aromatic heterocycles. The second kappa shape index (κ2) is 7.41. The molecule has 0 aliphatic carbocycles. The summed E-state index contributed by atoms with van der Waals surface area (Å²) >= 11 is 0. The Bertz CT molecular complexity index is 449. The summed E-state index contributed by atoms with van der Waals surface area (Å²) in [6, 6.07) is 17.8. The topological polar surface area (TPSA) is 25.8 Å². The standard InChI is InChI=1S/C9H7N.C5H5N.H2S/c1-2-6-9-8(4-1)5-3-7-10-9;1-2-4-6-5-3-1;/h1-7H;1-5H;1H2. The second-order valence-corrected chi connectivity index (χ2v) is 3.22. The molecule has 0 spiro atoms. The van der Waals surface area contributed by atoms with Crippen LogP contribution < -0.4 is 0 Å². The van der Waals surface area contributed by atoms with Gasteiger partial charge >= 0.3 is 0 Å². The van der Waals surface area contributed by atoms with Crippen molar-refractivity contribution in [3.05, 3.63) is 73.2 Å². The first-order valence-corrected chi connectivity index (χ1v) is 5.11. The molecule has 0 amide bonds. The molecule has 3 aromatic rings. The molecular formula is C14H14N2S. The van der Waals surface area contributed by atoms with Crippen LogP contribution in [0.25, 0.3) is 10.9 Å². The number of fused-ring (bicyclic) bond motifs is 1. The number of aromatic nitrogens is 2. The van der Waals surface area contributed by atoms with Gasteiger partial charge in [-0.25, -0.2) is 0 Å². The van der Waals surface area contributed by atoms with Crippen LogP contribution in [0.5, 0.6) is 0 Å². The van der Waals surface area contributed by atoms with Gasteiger partial charge in [-0.1, -0.05) is 30.3 Å². The summed E-state index contributed by atoms with van der Waals surface area (Å²) < 4.78 is 0. The van der Waals surface area contributed by atoms with Crippen LogP contribution in [-0.4, -0.2) is 9.97 Å². The zero-order chi connectivity index (χ0) is 11.1. The molecule has 2 heterocycles. The molecule has 2 nitrogen and oxygen atoms in total. The molecule has 0 aliphatic heterocycles. The van der Waals surface area contributed by atoms with E-state index in [2.05, 4.69) is 22.1 Å². The van der Waals surface area contributed by atoms with Crippen molar-refractivity contribution in [2.75, 3.05) is 0 Å². The Morgan fingerprint density at radius 2 is 1.35 bits per heavy atom. The number of hydrogen-bond acceptors (Lipinski definition) is 2. The quantitative estimate of drug-likeness (QED) is 0.603. The van der Waals surface area contributed by atoms with E-state index in [0.717, 1.165) is 5.52 Å². The van der Waals surface area contributed by atoms with E-state index in [1.807, 2.05) is 48.7 Å². The normalized spacial score (nSPS) is 8.71. The van der Waals surface area contributed by atoms with Crippen molar-refractivity contribution in [1.82, 2.24) is 9.97 Å². The number of nitrogens with zero attached hydrogens (tertiary/aromatic N) is 2. The highest BCUT2D eigenvalue weighted by molar-refractivity contribution is 7.59. The highest BCUT2D eigenvalue weighted by Crippen LogP contribution is 2.07. The van der Waals surface area contributed by atoms with E-state index in [-0.39, 0.29) is 13.5 Å². The van der Waals surface area contributed by atoms with Gasteiger partial charge in [-0.05, 0) is 24.3 Å². The van der Waals surface area contributed by atoms with Crippen molar-refractivity contribution >= 4 is 24.4 Å². The fraction of sp³-hybridized carbons (Fsp3) is 0.